The topological polar surface area (TPSA) is 67.9 Å². The molecule has 3 aromatic rings. The van der Waals surface area contributed by atoms with E-state index in [1.807, 2.05) is 74.5 Å². The van der Waals surface area contributed by atoms with Crippen molar-refractivity contribution in [2.45, 2.75) is 45.3 Å². The van der Waals surface area contributed by atoms with Gasteiger partial charge in [-0.15, -0.1) is 0 Å². The molecule has 0 radical (unpaired) electrons. The van der Waals surface area contributed by atoms with Crippen LogP contribution in [0.3, 0.4) is 0 Å². The van der Waals surface area contributed by atoms with Crippen LogP contribution < -0.4 is 14.8 Å². The molecule has 0 aliphatic carbocycles. The molecule has 0 saturated carbocycles. The quantitative estimate of drug-likeness (QED) is 0.361. The van der Waals surface area contributed by atoms with E-state index in [0.29, 0.717) is 22.9 Å². The summed E-state index contributed by atoms with van der Waals surface area (Å²) in [5.41, 5.74) is 1.70. The molecule has 0 spiro atoms. The van der Waals surface area contributed by atoms with Crippen molar-refractivity contribution in [1.29, 1.82) is 0 Å². The van der Waals surface area contributed by atoms with Gasteiger partial charge in [0.15, 0.2) is 18.1 Å². The van der Waals surface area contributed by atoms with E-state index in [0.717, 1.165) is 17.5 Å². The molecule has 0 heterocycles. The van der Waals surface area contributed by atoms with Crippen molar-refractivity contribution in [1.82, 2.24) is 10.2 Å². The van der Waals surface area contributed by atoms with Gasteiger partial charge in [-0.1, -0.05) is 79.2 Å². The van der Waals surface area contributed by atoms with Crippen molar-refractivity contribution >= 4 is 23.4 Å². The lowest BCUT2D eigenvalue weighted by Gasteiger charge is -2.32. The molecule has 190 valence electrons. The summed E-state index contributed by atoms with van der Waals surface area (Å²) >= 11 is 6.45. The zero-order chi connectivity index (χ0) is 25.9. The van der Waals surface area contributed by atoms with E-state index in [-0.39, 0.29) is 31.0 Å². The number of carbonyl (C=O) groups is 2. The largest absolute Gasteiger partial charge is 0.493 e. The van der Waals surface area contributed by atoms with Crippen LogP contribution in [0.1, 0.15) is 31.4 Å². The number of ether oxygens (including phenoxy) is 2. The van der Waals surface area contributed by atoms with Crippen LogP contribution in [-0.2, 0) is 22.6 Å². The Morgan fingerprint density at radius 2 is 1.58 bits per heavy atom. The number of nitrogens with zero attached hydrogens (tertiary/aromatic N) is 1. The Morgan fingerprint density at radius 1 is 0.944 bits per heavy atom. The molecule has 3 aromatic carbocycles. The number of halogens is 1. The van der Waals surface area contributed by atoms with Crippen LogP contribution in [0.4, 0.5) is 0 Å². The Labute approximate surface area is 218 Å². The van der Waals surface area contributed by atoms with Gasteiger partial charge in [-0.25, -0.2) is 0 Å². The third kappa shape index (κ3) is 7.49. The highest BCUT2D eigenvalue weighted by Crippen LogP contribution is 2.26. The monoisotopic (exact) mass is 508 g/mol. The van der Waals surface area contributed by atoms with Crippen LogP contribution in [0.5, 0.6) is 11.5 Å². The first-order valence-corrected chi connectivity index (χ1v) is 12.4. The lowest BCUT2D eigenvalue weighted by Crippen LogP contribution is -2.53. The Kier molecular flexibility index (Phi) is 10.2. The molecule has 0 fully saturated rings. The first-order valence-electron chi connectivity index (χ1n) is 12.1. The van der Waals surface area contributed by atoms with Gasteiger partial charge in [0, 0.05) is 24.0 Å². The van der Waals surface area contributed by atoms with Gasteiger partial charge in [-0.05, 0) is 42.7 Å². The minimum absolute atomic E-state index is 0.0298. The maximum absolute atomic E-state index is 13.7. The Bertz CT molecular complexity index is 1140. The summed E-state index contributed by atoms with van der Waals surface area (Å²) in [7, 11) is 1.54. The molecular weight excluding hydrogens is 476 g/mol. The van der Waals surface area contributed by atoms with Crippen LogP contribution in [0.2, 0.25) is 5.02 Å². The van der Waals surface area contributed by atoms with Crippen molar-refractivity contribution in [2.24, 2.45) is 0 Å². The number of hydrogen-bond donors (Lipinski definition) is 1. The van der Waals surface area contributed by atoms with E-state index in [4.69, 9.17) is 21.1 Å². The highest BCUT2D eigenvalue weighted by Gasteiger charge is 2.31. The standard InChI is InChI=1S/C29H33ClN2O4/c1-4-21(2)31-29(34)25(18-22-12-6-5-7-13-22)32(19-23-14-8-9-15-24(23)30)28(33)20-36-27-17-11-10-16-26(27)35-3/h5-17,21,25H,4,18-20H2,1-3H3,(H,31,34)/t21-,25-/m0/s1. The van der Waals surface area contributed by atoms with E-state index >= 15 is 0 Å². The minimum Gasteiger partial charge on any atom is -0.493 e. The molecule has 6 nitrogen and oxygen atoms in total. The first kappa shape index (κ1) is 27.1. The molecule has 3 rings (SSSR count). The fourth-order valence-corrected chi connectivity index (χ4v) is 3.96. The average molecular weight is 509 g/mol. The van der Waals surface area contributed by atoms with Gasteiger partial charge in [0.1, 0.15) is 6.04 Å². The predicted molar refractivity (Wildman–Crippen MR) is 142 cm³/mol. The van der Waals surface area contributed by atoms with Gasteiger partial charge in [-0.3, -0.25) is 9.59 Å². The van der Waals surface area contributed by atoms with Crippen molar-refractivity contribution in [3.8, 4) is 11.5 Å². The van der Waals surface area contributed by atoms with Crippen molar-refractivity contribution in [3.63, 3.8) is 0 Å². The van der Waals surface area contributed by atoms with Crippen molar-refractivity contribution in [2.75, 3.05) is 13.7 Å². The third-order valence-corrected chi connectivity index (χ3v) is 6.36. The number of rotatable bonds is 12. The molecule has 0 unspecified atom stereocenters. The van der Waals surface area contributed by atoms with Gasteiger partial charge in [0.2, 0.25) is 5.91 Å². The second-order valence-electron chi connectivity index (χ2n) is 8.58. The summed E-state index contributed by atoms with van der Waals surface area (Å²) in [4.78, 5) is 28.7. The van der Waals surface area contributed by atoms with E-state index in [1.165, 1.54) is 0 Å². The molecular formula is C29H33ClN2O4. The molecule has 2 atom stereocenters. The number of methoxy groups -OCH3 is 1. The Morgan fingerprint density at radius 3 is 2.25 bits per heavy atom. The lowest BCUT2D eigenvalue weighted by atomic mass is 10.0. The van der Waals surface area contributed by atoms with E-state index in [1.54, 1.807) is 30.2 Å². The number of benzene rings is 3. The van der Waals surface area contributed by atoms with E-state index in [2.05, 4.69) is 5.32 Å². The number of carbonyl (C=O) groups excluding carboxylic acids is 2. The number of hydrogen-bond acceptors (Lipinski definition) is 4. The lowest BCUT2D eigenvalue weighted by molar-refractivity contribution is -0.143. The fraction of sp³-hybridized carbons (Fsp3) is 0.310. The predicted octanol–water partition coefficient (Wildman–Crippen LogP) is 5.28. The summed E-state index contributed by atoms with van der Waals surface area (Å²) in [6, 6.07) is 23.3. The highest BCUT2D eigenvalue weighted by atomic mass is 35.5. The third-order valence-electron chi connectivity index (χ3n) is 5.99. The van der Waals surface area contributed by atoms with Gasteiger partial charge in [0.25, 0.3) is 5.91 Å². The van der Waals surface area contributed by atoms with Crippen molar-refractivity contribution < 1.29 is 19.1 Å². The summed E-state index contributed by atoms with van der Waals surface area (Å²) < 4.78 is 11.2. The van der Waals surface area contributed by atoms with E-state index < -0.39 is 6.04 Å². The molecule has 36 heavy (non-hydrogen) atoms. The van der Waals surface area contributed by atoms with Crippen LogP contribution >= 0.6 is 11.6 Å². The molecule has 0 aliphatic heterocycles. The molecule has 7 heteroatoms. The van der Waals surface area contributed by atoms with Crippen LogP contribution in [0.15, 0.2) is 78.9 Å². The number of amides is 2. The Hall–Kier alpha value is -3.51. The van der Waals surface area contributed by atoms with Crippen molar-refractivity contribution in [3.05, 3.63) is 95.0 Å². The molecule has 1 N–H and O–H groups in total. The molecule has 0 aromatic heterocycles. The Balaban J connectivity index is 1.94. The molecule has 0 bridgehead atoms. The zero-order valence-corrected chi connectivity index (χ0v) is 21.7. The number of nitrogens with one attached hydrogen (secondary N) is 1. The SMILES string of the molecule is CC[C@H](C)NC(=O)[C@H](Cc1ccccc1)N(Cc1ccccc1Cl)C(=O)COc1ccccc1OC. The summed E-state index contributed by atoms with van der Waals surface area (Å²) in [5, 5.41) is 3.58. The maximum Gasteiger partial charge on any atom is 0.261 e. The average Bonchev–Trinajstić information content (AvgIpc) is 2.90. The maximum atomic E-state index is 13.7. The molecule has 0 aliphatic rings. The number of para-hydroxylation sites is 2. The molecule has 2 amide bonds. The van der Waals surface area contributed by atoms with Gasteiger partial charge in [0.05, 0.1) is 7.11 Å². The van der Waals surface area contributed by atoms with Gasteiger partial charge in [-0.2, -0.15) is 0 Å². The van der Waals surface area contributed by atoms with Gasteiger partial charge < -0.3 is 19.7 Å². The minimum atomic E-state index is -0.758. The highest BCUT2D eigenvalue weighted by molar-refractivity contribution is 6.31. The van der Waals surface area contributed by atoms with Crippen LogP contribution in [0.25, 0.3) is 0 Å². The summed E-state index contributed by atoms with van der Waals surface area (Å²) in [6.07, 6.45) is 1.13. The normalized spacial score (nSPS) is 12.3. The first-order chi connectivity index (χ1) is 17.4. The van der Waals surface area contributed by atoms with E-state index in [9.17, 15) is 9.59 Å². The summed E-state index contributed by atoms with van der Waals surface area (Å²) in [6.45, 7) is 3.86. The summed E-state index contributed by atoms with van der Waals surface area (Å²) in [5.74, 6) is 0.431. The van der Waals surface area contributed by atoms with Crippen LogP contribution in [0, 0.1) is 0 Å². The van der Waals surface area contributed by atoms with Gasteiger partial charge >= 0.3 is 0 Å². The van der Waals surface area contributed by atoms with Crippen LogP contribution in [-0.4, -0.2) is 42.5 Å². The smallest absolute Gasteiger partial charge is 0.261 e. The fourth-order valence-electron chi connectivity index (χ4n) is 3.77. The molecule has 0 saturated heterocycles. The zero-order valence-electron chi connectivity index (χ0n) is 20.9. The second-order valence-corrected chi connectivity index (χ2v) is 8.98. The second kappa shape index (κ2) is 13.5.